The summed E-state index contributed by atoms with van der Waals surface area (Å²) in [6, 6.07) is 4.04. The van der Waals surface area contributed by atoms with Gasteiger partial charge in [0.25, 0.3) is 0 Å². The monoisotopic (exact) mass is 639 g/mol. The van der Waals surface area contributed by atoms with E-state index < -0.39 is 41.0 Å². The average molecular weight is 640 g/mol. The summed E-state index contributed by atoms with van der Waals surface area (Å²) in [4.78, 5) is 49.8. The molecule has 2 fully saturated rings. The van der Waals surface area contributed by atoms with Crippen molar-refractivity contribution in [1.82, 2.24) is 24.2 Å². The van der Waals surface area contributed by atoms with E-state index in [2.05, 4.69) is 15.0 Å². The molecule has 3 aliphatic rings. The predicted molar refractivity (Wildman–Crippen MR) is 138 cm³/mol. The van der Waals surface area contributed by atoms with Crippen LogP contribution in [0.2, 0.25) is 0 Å². The molecule has 12 nitrogen and oxygen atoms in total. The van der Waals surface area contributed by atoms with Gasteiger partial charge in [-0.15, -0.1) is 0 Å². The molecule has 0 bridgehead atoms. The zero-order valence-electron chi connectivity index (χ0n) is 23.3. The Morgan fingerprint density at radius 2 is 1.50 bits per heavy atom. The van der Waals surface area contributed by atoms with E-state index in [4.69, 9.17) is 24.5 Å². The first-order valence-electron chi connectivity index (χ1n) is 13.6. The number of rotatable bonds is 4. The van der Waals surface area contributed by atoms with Gasteiger partial charge in [-0.2, -0.15) is 31.4 Å². The average Bonchev–Trinajstić information content (AvgIpc) is 3.34. The van der Waals surface area contributed by atoms with Crippen molar-refractivity contribution in [2.45, 2.75) is 82.7 Å². The Morgan fingerprint density at radius 3 is 2.05 bits per heavy atom. The molecule has 1 aliphatic carbocycles. The number of ether oxygens (including phenoxy) is 1. The first kappa shape index (κ1) is 34.7. The molecule has 2 N–H and O–H groups in total. The van der Waals surface area contributed by atoms with Crippen molar-refractivity contribution in [3.8, 4) is 0 Å². The van der Waals surface area contributed by atoms with E-state index in [1.807, 2.05) is 12.1 Å². The quantitative estimate of drug-likeness (QED) is 0.377. The molecule has 1 saturated heterocycles. The number of aliphatic carboxylic acids is 2. The Morgan fingerprint density at radius 1 is 0.932 bits per heavy atom. The Balaban J connectivity index is 0.000000317. The summed E-state index contributed by atoms with van der Waals surface area (Å²) in [7, 11) is 0. The van der Waals surface area contributed by atoms with E-state index in [1.54, 1.807) is 17.0 Å². The molecule has 2 aliphatic heterocycles. The molecule has 244 valence electrons. The summed E-state index contributed by atoms with van der Waals surface area (Å²) in [5.41, 5.74) is -0.158. The van der Waals surface area contributed by atoms with Gasteiger partial charge < -0.3 is 14.9 Å². The lowest BCUT2D eigenvalue weighted by Gasteiger charge is -2.35. The lowest BCUT2D eigenvalue weighted by Crippen LogP contribution is -2.53. The summed E-state index contributed by atoms with van der Waals surface area (Å²) < 4.78 is 72.7. The fourth-order valence-corrected chi connectivity index (χ4v) is 5.20. The number of alkyl halides is 6. The molecule has 44 heavy (non-hydrogen) atoms. The highest BCUT2D eigenvalue weighted by molar-refractivity contribution is 5.73. The number of hydrogen-bond donors (Lipinski definition) is 2. The minimum atomic E-state index is -5.08. The molecule has 1 saturated carbocycles. The van der Waals surface area contributed by atoms with Crippen molar-refractivity contribution in [3.63, 3.8) is 0 Å². The summed E-state index contributed by atoms with van der Waals surface area (Å²) in [6.07, 6.45) is 0.167. The number of nitrogens with zero attached hydrogens (tertiary/aromatic N) is 5. The molecule has 4 heterocycles. The van der Waals surface area contributed by atoms with E-state index in [0.29, 0.717) is 24.8 Å². The summed E-state index contributed by atoms with van der Waals surface area (Å²) in [6.45, 7) is 3.71. The van der Waals surface area contributed by atoms with Crippen LogP contribution in [-0.2, 0) is 40.6 Å². The smallest absolute Gasteiger partial charge is 0.475 e. The van der Waals surface area contributed by atoms with Crippen molar-refractivity contribution >= 4 is 11.9 Å². The van der Waals surface area contributed by atoms with Crippen LogP contribution in [0.15, 0.2) is 34.1 Å². The number of pyridine rings is 1. The van der Waals surface area contributed by atoms with Crippen LogP contribution in [0.5, 0.6) is 0 Å². The number of hydrogen-bond acceptors (Lipinski definition) is 8. The molecule has 0 amide bonds. The van der Waals surface area contributed by atoms with Gasteiger partial charge in [-0.25, -0.2) is 14.3 Å². The largest absolute Gasteiger partial charge is 0.490 e. The van der Waals surface area contributed by atoms with E-state index >= 15 is 0 Å². The molecular formula is C26H31F6N5O7. The van der Waals surface area contributed by atoms with Crippen LogP contribution in [0.1, 0.15) is 49.9 Å². The standard InChI is InChI=1S/C22H29N5O3.2C2HF3O2/c28-20-21(29)27(13-17-4-2-1-3-5-17)24-19-14-30-22(16-26(19)20)8-11-25(15-22)12-18-6-9-23-10-7-18;2*3-2(4,5)1(6)7/h6-7,9-10,17H,1-5,8,11-16H2;2*(H,6,7). The van der Waals surface area contributed by atoms with Gasteiger partial charge in [0.2, 0.25) is 0 Å². The topological polar surface area (TPSA) is 157 Å². The van der Waals surface area contributed by atoms with Gasteiger partial charge in [-0.05, 0) is 42.9 Å². The molecule has 0 radical (unpaired) electrons. The van der Waals surface area contributed by atoms with Gasteiger partial charge in [0.05, 0.1) is 6.54 Å². The first-order chi connectivity index (χ1) is 20.5. The Kier molecular flexibility index (Phi) is 11.3. The summed E-state index contributed by atoms with van der Waals surface area (Å²) in [5, 5.41) is 18.8. The number of fused-ring (bicyclic) bond motifs is 1. The zero-order valence-corrected chi connectivity index (χ0v) is 23.3. The fourth-order valence-electron chi connectivity index (χ4n) is 5.20. The van der Waals surface area contributed by atoms with Gasteiger partial charge >= 0.3 is 35.4 Å². The fraction of sp³-hybridized carbons (Fsp3) is 0.615. The molecule has 1 unspecified atom stereocenters. The van der Waals surface area contributed by atoms with Crippen LogP contribution in [0.4, 0.5) is 26.3 Å². The Bertz CT molecular complexity index is 1380. The number of carbonyl (C=O) groups is 2. The van der Waals surface area contributed by atoms with Gasteiger partial charge in [0.1, 0.15) is 12.2 Å². The van der Waals surface area contributed by atoms with Gasteiger partial charge in [-0.1, -0.05) is 19.3 Å². The molecule has 0 aromatic carbocycles. The molecule has 2 aromatic heterocycles. The maximum absolute atomic E-state index is 12.9. The lowest BCUT2D eigenvalue weighted by molar-refractivity contribution is -0.193. The van der Waals surface area contributed by atoms with Gasteiger partial charge in [0.15, 0.2) is 5.82 Å². The third kappa shape index (κ3) is 9.60. The first-order valence-corrected chi connectivity index (χ1v) is 13.6. The lowest BCUT2D eigenvalue weighted by atomic mass is 9.89. The SMILES string of the molecule is O=C(O)C(F)(F)F.O=C(O)C(F)(F)F.O=c1c(=O)n2c(nn1CC1CCCCC1)COC1(CCN(Cc3ccncc3)C1)C2. The van der Waals surface area contributed by atoms with E-state index in [0.717, 1.165) is 38.9 Å². The van der Waals surface area contributed by atoms with Crippen molar-refractivity contribution in [1.29, 1.82) is 0 Å². The van der Waals surface area contributed by atoms with Crippen LogP contribution < -0.4 is 11.1 Å². The maximum atomic E-state index is 12.9. The highest BCUT2D eigenvalue weighted by atomic mass is 19.4. The normalized spacial score (nSPS) is 20.6. The van der Waals surface area contributed by atoms with Crippen molar-refractivity contribution < 1.29 is 50.9 Å². The number of likely N-dealkylation sites (tertiary alicyclic amines) is 1. The number of carboxylic acid groups (broad SMARTS) is 2. The van der Waals surface area contributed by atoms with Crippen molar-refractivity contribution in [2.75, 3.05) is 13.1 Å². The third-order valence-electron chi connectivity index (χ3n) is 7.36. The highest BCUT2D eigenvalue weighted by Gasteiger charge is 2.43. The molecule has 1 atom stereocenters. The Labute approximate surface area is 245 Å². The second-order valence-electron chi connectivity index (χ2n) is 10.7. The number of aromatic nitrogens is 4. The predicted octanol–water partition coefficient (Wildman–Crippen LogP) is 2.82. The summed E-state index contributed by atoms with van der Waals surface area (Å²) >= 11 is 0. The maximum Gasteiger partial charge on any atom is 0.490 e. The van der Waals surface area contributed by atoms with E-state index in [9.17, 15) is 35.9 Å². The molecule has 1 spiro atoms. The minimum Gasteiger partial charge on any atom is -0.475 e. The third-order valence-corrected chi connectivity index (χ3v) is 7.36. The minimum absolute atomic E-state index is 0.281. The van der Waals surface area contributed by atoms with Crippen LogP contribution in [0, 0.1) is 5.92 Å². The van der Waals surface area contributed by atoms with Crippen molar-refractivity contribution in [2.24, 2.45) is 5.92 Å². The molecular weight excluding hydrogens is 608 g/mol. The second kappa shape index (κ2) is 14.3. The summed E-state index contributed by atoms with van der Waals surface area (Å²) in [5.74, 6) is -4.49. The van der Waals surface area contributed by atoms with Crippen LogP contribution in [0.3, 0.4) is 0 Å². The molecule has 18 heteroatoms. The Hall–Kier alpha value is -3.80. The molecule has 2 aromatic rings. The highest BCUT2D eigenvalue weighted by Crippen LogP contribution is 2.32. The van der Waals surface area contributed by atoms with Gasteiger partial charge in [-0.3, -0.25) is 24.0 Å². The second-order valence-corrected chi connectivity index (χ2v) is 10.7. The van der Waals surface area contributed by atoms with E-state index in [1.165, 1.54) is 29.5 Å². The van der Waals surface area contributed by atoms with Gasteiger partial charge in [0, 0.05) is 38.6 Å². The number of carboxylic acids is 2. The van der Waals surface area contributed by atoms with E-state index in [-0.39, 0.29) is 6.61 Å². The van der Waals surface area contributed by atoms with Crippen LogP contribution >= 0.6 is 0 Å². The molecule has 5 rings (SSSR count). The van der Waals surface area contributed by atoms with Crippen LogP contribution in [0.25, 0.3) is 0 Å². The van der Waals surface area contributed by atoms with Crippen LogP contribution in [-0.4, -0.2) is 77.4 Å². The zero-order chi connectivity index (χ0) is 32.7. The number of halogens is 6. The van der Waals surface area contributed by atoms with Crippen molar-refractivity contribution in [3.05, 3.63) is 56.6 Å².